The molecule has 0 N–H and O–H groups in total. The van der Waals surface area contributed by atoms with Crippen molar-refractivity contribution >= 4 is 0 Å². The largest absolute Gasteiger partial charge is 0.207 e. The summed E-state index contributed by atoms with van der Waals surface area (Å²) in [6.45, 7) is 2.30. The first-order valence-corrected chi connectivity index (χ1v) is 11.7. The van der Waals surface area contributed by atoms with Crippen LogP contribution in [-0.2, 0) is 0 Å². The molecule has 1 heteroatoms. The van der Waals surface area contributed by atoms with Crippen LogP contribution in [0.2, 0.25) is 0 Å². The monoisotopic (exact) mass is 370 g/mol. The summed E-state index contributed by atoms with van der Waals surface area (Å²) in [6.07, 6.45) is 23.1. The summed E-state index contributed by atoms with van der Waals surface area (Å²) < 4.78 is 13.1. The van der Waals surface area contributed by atoms with Crippen LogP contribution in [-0.4, -0.2) is 0 Å². The molecule has 0 atom stereocenters. The SMILES string of the molecule is CCCCCCC1CCC(/C=C/C2CCC(c3ccc(F)cc3)CC2)CC1. The van der Waals surface area contributed by atoms with E-state index in [2.05, 4.69) is 19.1 Å². The topological polar surface area (TPSA) is 0 Å². The van der Waals surface area contributed by atoms with E-state index in [-0.39, 0.29) is 5.82 Å². The molecule has 1 aromatic carbocycles. The van der Waals surface area contributed by atoms with Gasteiger partial charge >= 0.3 is 0 Å². The van der Waals surface area contributed by atoms with Gasteiger partial charge in [0.1, 0.15) is 5.82 Å². The minimum absolute atomic E-state index is 0.119. The van der Waals surface area contributed by atoms with Crippen LogP contribution in [0.4, 0.5) is 4.39 Å². The number of benzene rings is 1. The highest BCUT2D eigenvalue weighted by Crippen LogP contribution is 2.37. The minimum Gasteiger partial charge on any atom is -0.207 e. The quantitative estimate of drug-likeness (QED) is 0.318. The van der Waals surface area contributed by atoms with Gasteiger partial charge in [0.2, 0.25) is 0 Å². The molecule has 0 aromatic heterocycles. The van der Waals surface area contributed by atoms with Crippen molar-refractivity contribution in [3.05, 3.63) is 47.8 Å². The zero-order valence-corrected chi connectivity index (χ0v) is 17.3. The van der Waals surface area contributed by atoms with Crippen LogP contribution in [0.25, 0.3) is 0 Å². The van der Waals surface area contributed by atoms with E-state index in [0.717, 1.165) is 17.8 Å². The number of halogens is 1. The molecule has 27 heavy (non-hydrogen) atoms. The molecule has 2 aliphatic carbocycles. The Labute approximate surface area is 166 Å². The number of hydrogen-bond acceptors (Lipinski definition) is 0. The van der Waals surface area contributed by atoms with E-state index in [9.17, 15) is 4.39 Å². The fourth-order valence-electron chi connectivity index (χ4n) is 5.22. The molecule has 0 amide bonds. The van der Waals surface area contributed by atoms with E-state index in [1.807, 2.05) is 12.1 Å². The molecule has 0 bridgehead atoms. The normalized spacial score (nSPS) is 29.3. The van der Waals surface area contributed by atoms with Crippen molar-refractivity contribution in [1.29, 1.82) is 0 Å². The van der Waals surface area contributed by atoms with Crippen molar-refractivity contribution in [2.24, 2.45) is 17.8 Å². The average molecular weight is 371 g/mol. The minimum atomic E-state index is -0.119. The highest BCUT2D eigenvalue weighted by atomic mass is 19.1. The van der Waals surface area contributed by atoms with E-state index in [0.29, 0.717) is 5.92 Å². The summed E-state index contributed by atoms with van der Waals surface area (Å²) >= 11 is 0. The third-order valence-corrected chi connectivity index (χ3v) is 7.13. The lowest BCUT2D eigenvalue weighted by atomic mass is 9.77. The first kappa shape index (κ1) is 20.6. The van der Waals surface area contributed by atoms with Gasteiger partial charge in [-0.25, -0.2) is 4.39 Å². The molecule has 1 aromatic rings. The number of hydrogen-bond donors (Lipinski definition) is 0. The van der Waals surface area contributed by atoms with E-state index in [1.54, 1.807) is 12.1 Å². The Kier molecular flexibility index (Phi) is 8.42. The second-order valence-electron chi connectivity index (χ2n) is 9.18. The van der Waals surface area contributed by atoms with E-state index in [1.165, 1.54) is 89.0 Å². The van der Waals surface area contributed by atoms with Gasteiger partial charge in [-0.1, -0.05) is 63.3 Å². The van der Waals surface area contributed by atoms with Crippen molar-refractivity contribution in [2.75, 3.05) is 0 Å². The molecule has 3 rings (SSSR count). The predicted octanol–water partition coefficient (Wildman–Crippen LogP) is 8.43. The third kappa shape index (κ3) is 6.77. The number of rotatable bonds is 8. The summed E-state index contributed by atoms with van der Waals surface area (Å²) in [7, 11) is 0. The van der Waals surface area contributed by atoms with Gasteiger partial charge in [0.05, 0.1) is 0 Å². The molecule has 0 heterocycles. The maximum atomic E-state index is 13.1. The Balaban J connectivity index is 1.33. The molecule has 2 fully saturated rings. The summed E-state index contributed by atoms with van der Waals surface area (Å²) in [6, 6.07) is 7.19. The molecule has 0 nitrogen and oxygen atoms in total. The van der Waals surface area contributed by atoms with Gasteiger partial charge in [0, 0.05) is 0 Å². The van der Waals surface area contributed by atoms with Crippen LogP contribution in [0, 0.1) is 23.6 Å². The summed E-state index contributed by atoms with van der Waals surface area (Å²) in [5.41, 5.74) is 1.33. The number of unbranched alkanes of at least 4 members (excludes halogenated alkanes) is 3. The second-order valence-corrected chi connectivity index (χ2v) is 9.18. The molecular formula is C26H39F. The fraction of sp³-hybridized carbons (Fsp3) is 0.692. The molecule has 0 saturated heterocycles. The molecule has 0 unspecified atom stereocenters. The van der Waals surface area contributed by atoms with Crippen LogP contribution in [0.5, 0.6) is 0 Å². The number of allylic oxidation sites excluding steroid dienone is 2. The second kappa shape index (κ2) is 11.0. The standard InChI is InChI=1S/C26H39F/c1-2-3-4-5-6-21-7-9-22(10-8-21)11-12-23-13-15-24(16-14-23)25-17-19-26(27)20-18-25/h11-12,17-24H,2-10,13-16H2,1H3/b12-11+. The Hall–Kier alpha value is -1.11. The van der Waals surface area contributed by atoms with Crippen molar-refractivity contribution in [3.63, 3.8) is 0 Å². The maximum Gasteiger partial charge on any atom is 0.123 e. The summed E-state index contributed by atoms with van der Waals surface area (Å²) in [4.78, 5) is 0. The van der Waals surface area contributed by atoms with Crippen LogP contribution in [0.1, 0.15) is 102 Å². The zero-order chi connectivity index (χ0) is 18.9. The fourth-order valence-corrected chi connectivity index (χ4v) is 5.22. The lowest BCUT2D eigenvalue weighted by Gasteiger charge is -2.29. The van der Waals surface area contributed by atoms with Crippen LogP contribution in [0.15, 0.2) is 36.4 Å². The molecule has 0 aliphatic heterocycles. The van der Waals surface area contributed by atoms with Crippen LogP contribution in [0.3, 0.4) is 0 Å². The van der Waals surface area contributed by atoms with Gasteiger partial charge in [-0.3, -0.25) is 0 Å². The van der Waals surface area contributed by atoms with E-state index >= 15 is 0 Å². The van der Waals surface area contributed by atoms with Crippen LogP contribution < -0.4 is 0 Å². The van der Waals surface area contributed by atoms with Crippen molar-refractivity contribution in [3.8, 4) is 0 Å². The Morgan fingerprint density at radius 3 is 1.96 bits per heavy atom. The van der Waals surface area contributed by atoms with Gasteiger partial charge in [-0.05, 0) is 92.7 Å². The van der Waals surface area contributed by atoms with Crippen molar-refractivity contribution in [2.45, 2.75) is 96.3 Å². The summed E-state index contributed by atoms with van der Waals surface area (Å²) in [5, 5.41) is 0. The molecule has 150 valence electrons. The Morgan fingerprint density at radius 1 is 0.778 bits per heavy atom. The summed E-state index contributed by atoms with van der Waals surface area (Å²) in [5.74, 6) is 3.14. The molecule has 2 saturated carbocycles. The lowest BCUT2D eigenvalue weighted by Crippen LogP contribution is -2.14. The van der Waals surface area contributed by atoms with Crippen molar-refractivity contribution < 1.29 is 4.39 Å². The molecular weight excluding hydrogens is 331 g/mol. The molecule has 0 spiro atoms. The zero-order valence-electron chi connectivity index (χ0n) is 17.3. The molecule has 0 radical (unpaired) electrons. The van der Waals surface area contributed by atoms with Gasteiger partial charge < -0.3 is 0 Å². The smallest absolute Gasteiger partial charge is 0.123 e. The van der Waals surface area contributed by atoms with Gasteiger partial charge in [-0.15, -0.1) is 0 Å². The van der Waals surface area contributed by atoms with Gasteiger partial charge in [0.25, 0.3) is 0 Å². The highest BCUT2D eigenvalue weighted by Gasteiger charge is 2.22. The van der Waals surface area contributed by atoms with Gasteiger partial charge in [0.15, 0.2) is 0 Å². The highest BCUT2D eigenvalue weighted by molar-refractivity contribution is 5.21. The van der Waals surface area contributed by atoms with Crippen LogP contribution >= 0.6 is 0 Å². The average Bonchev–Trinajstić information content (AvgIpc) is 2.72. The Morgan fingerprint density at radius 2 is 1.37 bits per heavy atom. The van der Waals surface area contributed by atoms with Crippen molar-refractivity contribution in [1.82, 2.24) is 0 Å². The van der Waals surface area contributed by atoms with Gasteiger partial charge in [-0.2, -0.15) is 0 Å². The maximum absolute atomic E-state index is 13.1. The van der Waals surface area contributed by atoms with E-state index in [4.69, 9.17) is 0 Å². The Bertz CT molecular complexity index is 542. The first-order valence-electron chi connectivity index (χ1n) is 11.7. The van der Waals surface area contributed by atoms with E-state index < -0.39 is 0 Å². The lowest BCUT2D eigenvalue weighted by molar-refractivity contribution is 0.287. The predicted molar refractivity (Wildman–Crippen MR) is 114 cm³/mol. The third-order valence-electron chi connectivity index (χ3n) is 7.13. The molecule has 2 aliphatic rings. The first-order chi connectivity index (χ1) is 13.2.